The fourth-order valence-corrected chi connectivity index (χ4v) is 2.95. The van der Waals surface area contributed by atoms with Gasteiger partial charge in [-0.25, -0.2) is 14.6 Å². The molecule has 1 heterocycles. The number of pyridine rings is 1. The average Bonchev–Trinajstić information content (AvgIpc) is 2.84. The molecule has 174 valence electrons. The van der Waals surface area contributed by atoms with E-state index in [1.165, 1.54) is 30.3 Å². The van der Waals surface area contributed by atoms with Crippen molar-refractivity contribution in [1.82, 2.24) is 4.98 Å². The first kappa shape index (κ1) is 24.1. The maximum Gasteiger partial charge on any atom is 0.338 e. The Hall–Kier alpha value is -4.53. The Bertz CT molecular complexity index is 1130. The van der Waals surface area contributed by atoms with Crippen LogP contribution >= 0.6 is 0 Å². The van der Waals surface area contributed by atoms with Crippen LogP contribution < -0.4 is 10.6 Å². The molecule has 0 bridgehead atoms. The SMILES string of the molecule is CCOC(=O)c1cccc(NC(=O)c2cccc(C(=O)Nc3cccc(C(=O)OCC)c3)n2)c1. The first-order valence-corrected chi connectivity index (χ1v) is 10.6. The van der Waals surface area contributed by atoms with Crippen molar-refractivity contribution in [2.75, 3.05) is 23.8 Å². The summed E-state index contributed by atoms with van der Waals surface area (Å²) in [5.74, 6) is -2.11. The van der Waals surface area contributed by atoms with Crippen LogP contribution in [0.25, 0.3) is 0 Å². The Morgan fingerprint density at radius 2 is 1.09 bits per heavy atom. The van der Waals surface area contributed by atoms with Crippen molar-refractivity contribution in [2.24, 2.45) is 0 Å². The quantitative estimate of drug-likeness (QED) is 0.487. The zero-order valence-electron chi connectivity index (χ0n) is 18.7. The fraction of sp³-hybridized carbons (Fsp3) is 0.160. The number of aromatic nitrogens is 1. The van der Waals surface area contributed by atoms with Gasteiger partial charge >= 0.3 is 11.9 Å². The lowest BCUT2D eigenvalue weighted by atomic mass is 10.2. The number of esters is 2. The minimum Gasteiger partial charge on any atom is -0.462 e. The summed E-state index contributed by atoms with van der Waals surface area (Å²) in [6.45, 7) is 3.88. The van der Waals surface area contributed by atoms with Crippen molar-refractivity contribution in [3.8, 4) is 0 Å². The summed E-state index contributed by atoms with van der Waals surface area (Å²) in [6.07, 6.45) is 0. The van der Waals surface area contributed by atoms with E-state index in [2.05, 4.69) is 15.6 Å². The van der Waals surface area contributed by atoms with Gasteiger partial charge in [-0.1, -0.05) is 18.2 Å². The van der Waals surface area contributed by atoms with Gasteiger partial charge in [0.15, 0.2) is 0 Å². The predicted molar refractivity (Wildman–Crippen MR) is 125 cm³/mol. The molecule has 0 radical (unpaired) electrons. The number of hydrogen-bond donors (Lipinski definition) is 2. The standard InChI is InChI=1S/C25H23N3O6/c1-3-33-24(31)16-8-5-10-18(14-16)26-22(29)20-12-7-13-21(28-20)23(30)27-19-11-6-9-17(15-19)25(32)34-4-2/h5-15H,3-4H2,1-2H3,(H,26,29)(H,27,30). The Morgan fingerprint density at radius 1 is 0.676 bits per heavy atom. The summed E-state index contributed by atoms with van der Waals surface area (Å²) in [6, 6.07) is 17.1. The highest BCUT2D eigenvalue weighted by Crippen LogP contribution is 2.15. The third-order valence-electron chi connectivity index (χ3n) is 4.48. The predicted octanol–water partition coefficient (Wildman–Crippen LogP) is 3.94. The van der Waals surface area contributed by atoms with E-state index in [1.54, 1.807) is 50.2 Å². The minimum absolute atomic E-state index is 0.00876. The molecular weight excluding hydrogens is 438 g/mol. The van der Waals surface area contributed by atoms with E-state index in [0.717, 1.165) is 0 Å². The highest BCUT2D eigenvalue weighted by molar-refractivity contribution is 6.06. The summed E-state index contributed by atoms with van der Waals surface area (Å²) >= 11 is 0. The molecule has 0 saturated heterocycles. The van der Waals surface area contributed by atoms with Gasteiger partial charge in [-0.3, -0.25) is 9.59 Å². The third-order valence-corrected chi connectivity index (χ3v) is 4.48. The summed E-state index contributed by atoms with van der Waals surface area (Å²) in [7, 11) is 0. The van der Waals surface area contributed by atoms with Crippen LogP contribution in [0.15, 0.2) is 66.7 Å². The first-order chi connectivity index (χ1) is 16.4. The fourth-order valence-electron chi connectivity index (χ4n) is 2.95. The van der Waals surface area contributed by atoms with Gasteiger partial charge in [0, 0.05) is 11.4 Å². The zero-order chi connectivity index (χ0) is 24.5. The van der Waals surface area contributed by atoms with E-state index in [-0.39, 0.29) is 24.6 Å². The molecule has 0 aliphatic heterocycles. The monoisotopic (exact) mass is 461 g/mol. The van der Waals surface area contributed by atoms with Crippen LogP contribution in [0.1, 0.15) is 55.5 Å². The average molecular weight is 461 g/mol. The molecule has 34 heavy (non-hydrogen) atoms. The Labute approximate surface area is 196 Å². The molecule has 3 rings (SSSR count). The number of hydrogen-bond acceptors (Lipinski definition) is 7. The first-order valence-electron chi connectivity index (χ1n) is 10.6. The molecule has 2 N–H and O–H groups in total. The van der Waals surface area contributed by atoms with Crippen LogP contribution in [0.2, 0.25) is 0 Å². The lowest BCUT2D eigenvalue weighted by Crippen LogP contribution is -2.19. The van der Waals surface area contributed by atoms with Gasteiger partial charge < -0.3 is 20.1 Å². The molecule has 0 unspecified atom stereocenters. The van der Waals surface area contributed by atoms with E-state index in [9.17, 15) is 19.2 Å². The molecule has 1 aromatic heterocycles. The molecule has 9 nitrogen and oxygen atoms in total. The summed E-state index contributed by atoms with van der Waals surface area (Å²) < 4.78 is 9.92. The molecule has 0 atom stereocenters. The number of carbonyl (C=O) groups is 4. The molecule has 0 spiro atoms. The van der Waals surface area contributed by atoms with Gasteiger partial charge in [-0.2, -0.15) is 0 Å². The van der Waals surface area contributed by atoms with E-state index in [4.69, 9.17) is 9.47 Å². The zero-order valence-corrected chi connectivity index (χ0v) is 18.7. The highest BCUT2D eigenvalue weighted by atomic mass is 16.5. The van der Waals surface area contributed by atoms with Crippen molar-refractivity contribution < 1.29 is 28.7 Å². The summed E-state index contributed by atoms with van der Waals surface area (Å²) in [5, 5.41) is 5.30. The van der Waals surface area contributed by atoms with Gasteiger partial charge in [0.2, 0.25) is 0 Å². The number of nitrogens with one attached hydrogen (secondary N) is 2. The van der Waals surface area contributed by atoms with Gasteiger partial charge in [-0.15, -0.1) is 0 Å². The van der Waals surface area contributed by atoms with Crippen molar-refractivity contribution in [3.63, 3.8) is 0 Å². The van der Waals surface area contributed by atoms with Crippen molar-refractivity contribution >= 4 is 35.1 Å². The molecule has 0 aliphatic rings. The molecule has 0 aliphatic carbocycles. The molecule has 0 saturated carbocycles. The smallest absolute Gasteiger partial charge is 0.338 e. The van der Waals surface area contributed by atoms with Gasteiger partial charge in [0.05, 0.1) is 24.3 Å². The van der Waals surface area contributed by atoms with Crippen LogP contribution in [-0.4, -0.2) is 42.0 Å². The summed E-state index contributed by atoms with van der Waals surface area (Å²) in [5.41, 5.74) is 1.37. The molecule has 2 amide bonds. The van der Waals surface area contributed by atoms with Gasteiger partial charge in [0.25, 0.3) is 11.8 Å². The topological polar surface area (TPSA) is 124 Å². The highest BCUT2D eigenvalue weighted by Gasteiger charge is 2.15. The molecular formula is C25H23N3O6. The molecule has 0 fully saturated rings. The number of benzene rings is 2. The van der Waals surface area contributed by atoms with Gasteiger partial charge in [-0.05, 0) is 62.4 Å². The second-order valence-electron chi connectivity index (χ2n) is 6.92. The third kappa shape index (κ3) is 6.26. The number of carbonyl (C=O) groups excluding carboxylic acids is 4. The number of amides is 2. The number of anilines is 2. The Balaban J connectivity index is 1.71. The second-order valence-corrected chi connectivity index (χ2v) is 6.92. The molecule has 2 aromatic carbocycles. The molecule has 9 heteroatoms. The maximum absolute atomic E-state index is 12.7. The second kappa shape index (κ2) is 11.4. The van der Waals surface area contributed by atoms with Gasteiger partial charge in [0.1, 0.15) is 11.4 Å². The van der Waals surface area contributed by atoms with E-state index in [0.29, 0.717) is 22.5 Å². The van der Waals surface area contributed by atoms with E-state index >= 15 is 0 Å². The van der Waals surface area contributed by atoms with Crippen LogP contribution in [0, 0.1) is 0 Å². The van der Waals surface area contributed by atoms with Crippen LogP contribution in [-0.2, 0) is 9.47 Å². The van der Waals surface area contributed by atoms with Crippen molar-refractivity contribution in [2.45, 2.75) is 13.8 Å². The van der Waals surface area contributed by atoms with Crippen LogP contribution in [0.4, 0.5) is 11.4 Å². The largest absolute Gasteiger partial charge is 0.462 e. The van der Waals surface area contributed by atoms with Crippen LogP contribution in [0.5, 0.6) is 0 Å². The number of ether oxygens (including phenoxy) is 2. The minimum atomic E-state index is -0.556. The van der Waals surface area contributed by atoms with E-state index < -0.39 is 23.8 Å². The summed E-state index contributed by atoms with van der Waals surface area (Å²) in [4.78, 5) is 53.2. The van der Waals surface area contributed by atoms with E-state index in [1.807, 2.05) is 0 Å². The lowest BCUT2D eigenvalue weighted by molar-refractivity contribution is 0.0517. The van der Waals surface area contributed by atoms with Crippen molar-refractivity contribution in [1.29, 1.82) is 0 Å². The molecule has 3 aromatic rings. The number of rotatable bonds is 8. The Morgan fingerprint density at radius 3 is 1.50 bits per heavy atom. The van der Waals surface area contributed by atoms with Crippen molar-refractivity contribution in [3.05, 3.63) is 89.2 Å². The number of nitrogens with zero attached hydrogens (tertiary/aromatic N) is 1. The normalized spacial score (nSPS) is 10.2. The Kier molecular flexibility index (Phi) is 8.07. The van der Waals surface area contributed by atoms with Crippen LogP contribution in [0.3, 0.4) is 0 Å². The lowest BCUT2D eigenvalue weighted by Gasteiger charge is -2.09. The maximum atomic E-state index is 12.7.